The molecule has 19 heavy (non-hydrogen) atoms. The Morgan fingerprint density at radius 3 is 2.53 bits per heavy atom. The first-order valence-corrected chi connectivity index (χ1v) is 5.76. The summed E-state index contributed by atoms with van der Waals surface area (Å²) < 4.78 is 45.2. The Morgan fingerprint density at radius 2 is 1.89 bits per heavy atom. The molecular formula is C13H13F3N2O. The van der Waals surface area contributed by atoms with Crippen LogP contribution in [0.4, 0.5) is 13.2 Å². The van der Waals surface area contributed by atoms with Gasteiger partial charge >= 0.3 is 6.18 Å². The van der Waals surface area contributed by atoms with Gasteiger partial charge in [-0.2, -0.15) is 18.3 Å². The largest absolute Gasteiger partial charge is 0.488 e. The van der Waals surface area contributed by atoms with E-state index in [1.54, 1.807) is 0 Å². The number of rotatable bonds is 3. The molecule has 0 spiro atoms. The fourth-order valence-electron chi connectivity index (χ4n) is 1.68. The van der Waals surface area contributed by atoms with Gasteiger partial charge in [-0.3, -0.25) is 0 Å². The number of hydrogen-bond donors (Lipinski definition) is 0. The molecule has 0 amide bonds. The van der Waals surface area contributed by atoms with Crippen LogP contribution in [-0.2, 0) is 6.18 Å². The molecule has 0 aliphatic rings. The molecule has 6 heteroatoms. The van der Waals surface area contributed by atoms with E-state index in [0.717, 1.165) is 6.07 Å². The molecule has 0 radical (unpaired) electrons. The van der Waals surface area contributed by atoms with Crippen molar-refractivity contribution in [2.24, 2.45) is 0 Å². The molecule has 1 heterocycles. The first-order valence-electron chi connectivity index (χ1n) is 5.76. The molecule has 0 bridgehead atoms. The summed E-state index contributed by atoms with van der Waals surface area (Å²) in [5.41, 5.74) is -0.747. The van der Waals surface area contributed by atoms with E-state index in [-0.39, 0.29) is 11.8 Å². The maximum Gasteiger partial charge on any atom is 0.418 e. The molecule has 0 saturated carbocycles. The molecular weight excluding hydrogens is 257 g/mol. The van der Waals surface area contributed by atoms with Crippen molar-refractivity contribution in [3.8, 4) is 11.4 Å². The van der Waals surface area contributed by atoms with Gasteiger partial charge in [0.2, 0.25) is 0 Å². The molecule has 0 N–H and O–H groups in total. The van der Waals surface area contributed by atoms with Gasteiger partial charge in [0, 0.05) is 0 Å². The summed E-state index contributed by atoms with van der Waals surface area (Å²) in [6.45, 7) is 3.67. The molecule has 2 rings (SSSR count). The average molecular weight is 270 g/mol. The summed E-state index contributed by atoms with van der Waals surface area (Å²) in [4.78, 5) is 0. The normalized spacial score (nSPS) is 11.9. The highest BCUT2D eigenvalue weighted by molar-refractivity contribution is 5.42. The van der Waals surface area contributed by atoms with Crippen molar-refractivity contribution < 1.29 is 17.9 Å². The molecule has 0 fully saturated rings. The number of benzene rings is 1. The lowest BCUT2D eigenvalue weighted by Gasteiger charge is -2.12. The minimum Gasteiger partial charge on any atom is -0.488 e. The van der Waals surface area contributed by atoms with Crippen molar-refractivity contribution in [3.63, 3.8) is 0 Å². The van der Waals surface area contributed by atoms with E-state index in [1.165, 1.54) is 35.3 Å². The summed E-state index contributed by atoms with van der Waals surface area (Å²) in [5, 5.41) is 3.91. The molecule has 0 saturated heterocycles. The van der Waals surface area contributed by atoms with E-state index in [4.69, 9.17) is 4.74 Å². The van der Waals surface area contributed by atoms with Gasteiger partial charge in [0.05, 0.1) is 29.7 Å². The Morgan fingerprint density at radius 1 is 1.21 bits per heavy atom. The second kappa shape index (κ2) is 4.95. The van der Waals surface area contributed by atoms with Crippen molar-refractivity contribution in [1.82, 2.24) is 9.78 Å². The summed E-state index contributed by atoms with van der Waals surface area (Å²) in [7, 11) is 0. The van der Waals surface area contributed by atoms with Crippen LogP contribution >= 0.6 is 0 Å². The van der Waals surface area contributed by atoms with Crippen LogP contribution in [0, 0.1) is 0 Å². The fourth-order valence-corrected chi connectivity index (χ4v) is 1.68. The van der Waals surface area contributed by atoms with Crippen molar-refractivity contribution in [3.05, 3.63) is 42.2 Å². The monoisotopic (exact) mass is 270 g/mol. The van der Waals surface area contributed by atoms with Crippen LogP contribution < -0.4 is 4.74 Å². The zero-order valence-electron chi connectivity index (χ0n) is 10.5. The SMILES string of the molecule is CC(C)Oc1cnn(-c2ccccc2C(F)(F)F)c1. The Kier molecular flexibility index (Phi) is 3.50. The maximum absolute atomic E-state index is 12.9. The van der Waals surface area contributed by atoms with Crippen LogP contribution in [0.3, 0.4) is 0 Å². The number of hydrogen-bond acceptors (Lipinski definition) is 2. The summed E-state index contributed by atoms with van der Waals surface area (Å²) in [6.07, 6.45) is -1.64. The minimum absolute atomic E-state index is 0.0198. The molecule has 0 aliphatic heterocycles. The van der Waals surface area contributed by atoms with E-state index in [1.807, 2.05) is 13.8 Å². The van der Waals surface area contributed by atoms with Crippen LogP contribution in [0.15, 0.2) is 36.7 Å². The van der Waals surface area contributed by atoms with E-state index in [2.05, 4.69) is 5.10 Å². The van der Waals surface area contributed by atoms with Crippen molar-refractivity contribution in [2.75, 3.05) is 0 Å². The zero-order chi connectivity index (χ0) is 14.0. The highest BCUT2D eigenvalue weighted by atomic mass is 19.4. The number of ether oxygens (including phenoxy) is 1. The second-order valence-electron chi connectivity index (χ2n) is 4.30. The van der Waals surface area contributed by atoms with Gasteiger partial charge in [-0.1, -0.05) is 12.1 Å². The van der Waals surface area contributed by atoms with Gasteiger partial charge in [0.1, 0.15) is 0 Å². The van der Waals surface area contributed by atoms with Crippen LogP contribution in [-0.4, -0.2) is 15.9 Å². The third-order valence-electron chi connectivity index (χ3n) is 2.39. The summed E-state index contributed by atoms with van der Waals surface area (Å²) in [5.74, 6) is 0.437. The van der Waals surface area contributed by atoms with E-state index in [9.17, 15) is 13.2 Å². The predicted molar refractivity (Wildman–Crippen MR) is 64.3 cm³/mol. The van der Waals surface area contributed by atoms with E-state index >= 15 is 0 Å². The Balaban J connectivity index is 2.39. The number of nitrogens with zero attached hydrogens (tertiary/aromatic N) is 2. The molecule has 102 valence electrons. The lowest BCUT2D eigenvalue weighted by Crippen LogP contribution is -2.10. The molecule has 1 aromatic heterocycles. The highest BCUT2D eigenvalue weighted by Gasteiger charge is 2.33. The topological polar surface area (TPSA) is 27.1 Å². The van der Waals surface area contributed by atoms with Crippen molar-refractivity contribution >= 4 is 0 Å². The van der Waals surface area contributed by atoms with Gasteiger partial charge in [0.15, 0.2) is 5.75 Å². The summed E-state index contributed by atoms with van der Waals surface area (Å²) in [6, 6.07) is 5.28. The number of halogens is 3. The number of para-hydroxylation sites is 1. The smallest absolute Gasteiger partial charge is 0.418 e. The number of aromatic nitrogens is 2. The molecule has 0 aliphatic carbocycles. The van der Waals surface area contributed by atoms with Crippen LogP contribution in [0.25, 0.3) is 5.69 Å². The first kappa shape index (κ1) is 13.5. The molecule has 2 aromatic rings. The maximum atomic E-state index is 12.9. The van der Waals surface area contributed by atoms with Crippen molar-refractivity contribution in [1.29, 1.82) is 0 Å². The average Bonchev–Trinajstić information content (AvgIpc) is 2.75. The fraction of sp³-hybridized carbons (Fsp3) is 0.308. The standard InChI is InChI=1S/C13H13F3N2O/c1-9(2)19-10-7-17-18(8-10)12-6-4-3-5-11(12)13(14,15)16/h3-9H,1-2H3. The molecule has 1 aromatic carbocycles. The van der Waals surface area contributed by atoms with Gasteiger partial charge in [-0.15, -0.1) is 0 Å². The van der Waals surface area contributed by atoms with Crippen LogP contribution in [0.5, 0.6) is 5.75 Å². The highest BCUT2D eigenvalue weighted by Crippen LogP contribution is 2.33. The molecule has 0 atom stereocenters. The van der Waals surface area contributed by atoms with Gasteiger partial charge < -0.3 is 4.74 Å². The van der Waals surface area contributed by atoms with Crippen LogP contribution in [0.2, 0.25) is 0 Å². The lowest BCUT2D eigenvalue weighted by atomic mass is 10.2. The third-order valence-corrected chi connectivity index (χ3v) is 2.39. The van der Waals surface area contributed by atoms with Gasteiger partial charge in [-0.25, -0.2) is 4.68 Å². The summed E-state index contributed by atoms with van der Waals surface area (Å²) >= 11 is 0. The Labute approximate surface area is 108 Å². The first-order chi connectivity index (χ1) is 8.88. The number of alkyl halides is 3. The van der Waals surface area contributed by atoms with E-state index < -0.39 is 11.7 Å². The molecule has 0 unspecified atom stereocenters. The third kappa shape index (κ3) is 3.07. The lowest BCUT2D eigenvalue weighted by molar-refractivity contribution is -0.137. The Bertz CT molecular complexity index is 561. The Hall–Kier alpha value is -1.98. The molecule has 3 nitrogen and oxygen atoms in total. The van der Waals surface area contributed by atoms with Crippen molar-refractivity contribution in [2.45, 2.75) is 26.1 Å². The quantitative estimate of drug-likeness (QED) is 0.850. The van der Waals surface area contributed by atoms with Gasteiger partial charge in [-0.05, 0) is 26.0 Å². The van der Waals surface area contributed by atoms with E-state index in [0.29, 0.717) is 5.75 Å². The van der Waals surface area contributed by atoms with Gasteiger partial charge in [0.25, 0.3) is 0 Å². The minimum atomic E-state index is -4.42. The predicted octanol–water partition coefficient (Wildman–Crippen LogP) is 3.68. The zero-order valence-corrected chi connectivity index (χ0v) is 10.5. The van der Waals surface area contributed by atoms with Crippen LogP contribution in [0.1, 0.15) is 19.4 Å². The second-order valence-corrected chi connectivity index (χ2v) is 4.30.